The quantitative estimate of drug-likeness (QED) is 0.533. The molecular formula is C26H30N2O4. The fraction of sp³-hybridized carbons (Fsp3) is 0.346. The number of β-amino-alcohol motifs (C(OH)–C–C–N with tert-alkyl or cyclic N) is 1. The third kappa shape index (κ3) is 5.46. The monoisotopic (exact) mass is 434 g/mol. The highest BCUT2D eigenvalue weighted by atomic mass is 16.5. The molecule has 3 N–H and O–H groups in total. The van der Waals surface area contributed by atoms with Crippen molar-refractivity contribution in [2.75, 3.05) is 33.3 Å². The van der Waals surface area contributed by atoms with Crippen LogP contribution in [-0.4, -0.2) is 66.5 Å². The first kappa shape index (κ1) is 22.3. The van der Waals surface area contributed by atoms with Gasteiger partial charge in [-0.3, -0.25) is 4.79 Å². The maximum atomic E-state index is 11.8. The molecule has 0 radical (unpaired) electrons. The fourth-order valence-corrected chi connectivity index (χ4v) is 4.10. The van der Waals surface area contributed by atoms with Gasteiger partial charge in [-0.05, 0) is 65.1 Å². The maximum absolute atomic E-state index is 11.8. The lowest BCUT2D eigenvalue weighted by Crippen LogP contribution is -2.41. The number of aliphatic hydroxyl groups is 2. The topological polar surface area (TPSA) is 82.0 Å². The van der Waals surface area contributed by atoms with E-state index in [0.717, 1.165) is 53.6 Å². The first-order valence-electron chi connectivity index (χ1n) is 11.1. The van der Waals surface area contributed by atoms with Gasteiger partial charge in [0.15, 0.2) is 0 Å². The van der Waals surface area contributed by atoms with E-state index in [0.29, 0.717) is 12.1 Å². The van der Waals surface area contributed by atoms with Crippen molar-refractivity contribution >= 4 is 16.7 Å². The summed E-state index contributed by atoms with van der Waals surface area (Å²) in [7, 11) is 1.62. The molecular weight excluding hydrogens is 404 g/mol. The summed E-state index contributed by atoms with van der Waals surface area (Å²) in [6.07, 6.45) is 0.728. The van der Waals surface area contributed by atoms with Crippen LogP contribution in [0.1, 0.15) is 23.2 Å². The maximum Gasteiger partial charge on any atom is 0.251 e. The number of nitrogens with one attached hydrogen (secondary N) is 1. The Labute approximate surface area is 188 Å². The first-order valence-corrected chi connectivity index (χ1v) is 11.1. The molecule has 4 rings (SSSR count). The zero-order valence-corrected chi connectivity index (χ0v) is 18.3. The summed E-state index contributed by atoms with van der Waals surface area (Å²) >= 11 is 0. The standard InChI is InChI=1S/C26H30N2O4/c1-27-26(31)20-5-2-18(3-6-20)21-7-4-19-8-9-25(15-22(19)14-21)32-17-24(30)16-28-12-10-23(29)11-13-28/h2-9,14-15,23-24,29-30H,10-13,16-17H2,1H3,(H,27,31). The lowest BCUT2D eigenvalue weighted by atomic mass is 10.00. The van der Waals surface area contributed by atoms with Gasteiger partial charge in [0, 0.05) is 32.2 Å². The number of hydrogen-bond donors (Lipinski definition) is 3. The lowest BCUT2D eigenvalue weighted by molar-refractivity contribution is 0.0338. The SMILES string of the molecule is CNC(=O)c1ccc(-c2ccc3ccc(OCC(O)CN4CCC(O)CC4)cc3c2)cc1. The fourth-order valence-electron chi connectivity index (χ4n) is 4.10. The summed E-state index contributed by atoms with van der Waals surface area (Å²) in [6.45, 7) is 2.39. The minimum atomic E-state index is -0.578. The molecule has 1 amide bonds. The van der Waals surface area contributed by atoms with E-state index in [1.807, 2.05) is 42.5 Å². The second-order valence-electron chi connectivity index (χ2n) is 8.38. The molecule has 0 aromatic heterocycles. The van der Waals surface area contributed by atoms with Crippen LogP contribution in [0.2, 0.25) is 0 Å². The van der Waals surface area contributed by atoms with Crippen LogP contribution in [0, 0.1) is 0 Å². The number of amides is 1. The van der Waals surface area contributed by atoms with Gasteiger partial charge in [-0.25, -0.2) is 0 Å². The van der Waals surface area contributed by atoms with Crippen LogP contribution in [0.15, 0.2) is 60.7 Å². The van der Waals surface area contributed by atoms with Crippen molar-refractivity contribution in [3.8, 4) is 16.9 Å². The molecule has 32 heavy (non-hydrogen) atoms. The Balaban J connectivity index is 1.41. The molecule has 0 saturated carbocycles. The lowest BCUT2D eigenvalue weighted by Gasteiger charge is -2.30. The van der Waals surface area contributed by atoms with Gasteiger partial charge in [0.2, 0.25) is 0 Å². The minimum Gasteiger partial charge on any atom is -0.491 e. The normalized spacial score (nSPS) is 16.1. The third-order valence-electron chi connectivity index (χ3n) is 5.99. The molecule has 1 heterocycles. The number of rotatable bonds is 7. The van der Waals surface area contributed by atoms with E-state index >= 15 is 0 Å². The summed E-state index contributed by atoms with van der Waals surface area (Å²) in [5.41, 5.74) is 2.73. The second kappa shape index (κ2) is 10.1. The number of nitrogens with zero attached hydrogens (tertiary/aromatic N) is 1. The Morgan fingerprint density at radius 3 is 2.44 bits per heavy atom. The highest BCUT2D eigenvalue weighted by molar-refractivity contribution is 5.95. The molecule has 3 aromatic carbocycles. The third-order valence-corrected chi connectivity index (χ3v) is 5.99. The molecule has 0 bridgehead atoms. The van der Waals surface area contributed by atoms with Crippen LogP contribution < -0.4 is 10.1 Å². The van der Waals surface area contributed by atoms with Gasteiger partial charge in [0.1, 0.15) is 18.5 Å². The molecule has 6 nitrogen and oxygen atoms in total. The van der Waals surface area contributed by atoms with Gasteiger partial charge in [-0.1, -0.05) is 30.3 Å². The van der Waals surface area contributed by atoms with Crippen LogP contribution in [0.4, 0.5) is 0 Å². The summed E-state index contributed by atoms with van der Waals surface area (Å²) < 4.78 is 5.87. The van der Waals surface area contributed by atoms with Crippen LogP contribution >= 0.6 is 0 Å². The molecule has 0 aliphatic carbocycles. The molecule has 1 aliphatic rings. The predicted octanol–water partition coefficient (Wildman–Crippen LogP) is 3.06. The van der Waals surface area contributed by atoms with Gasteiger partial charge in [-0.2, -0.15) is 0 Å². The van der Waals surface area contributed by atoms with Gasteiger partial charge in [0.25, 0.3) is 5.91 Å². The number of hydrogen-bond acceptors (Lipinski definition) is 5. The number of aliphatic hydroxyl groups excluding tert-OH is 2. The minimum absolute atomic E-state index is 0.100. The van der Waals surface area contributed by atoms with Crippen LogP contribution in [0.25, 0.3) is 21.9 Å². The Morgan fingerprint density at radius 2 is 1.72 bits per heavy atom. The van der Waals surface area contributed by atoms with Gasteiger partial charge < -0.3 is 25.2 Å². The van der Waals surface area contributed by atoms with E-state index in [-0.39, 0.29) is 18.6 Å². The van der Waals surface area contributed by atoms with Crippen LogP contribution in [-0.2, 0) is 0 Å². The van der Waals surface area contributed by atoms with Crippen molar-refractivity contribution in [3.05, 3.63) is 66.2 Å². The summed E-state index contributed by atoms with van der Waals surface area (Å²) in [4.78, 5) is 13.9. The number of ether oxygens (including phenoxy) is 1. The predicted molar refractivity (Wildman–Crippen MR) is 126 cm³/mol. The second-order valence-corrected chi connectivity index (χ2v) is 8.38. The number of carbonyl (C=O) groups is 1. The number of carbonyl (C=O) groups excluding carboxylic acids is 1. The molecule has 1 atom stereocenters. The first-order chi connectivity index (χ1) is 15.5. The Bertz CT molecular complexity index is 1060. The molecule has 3 aromatic rings. The van der Waals surface area contributed by atoms with Crippen molar-refractivity contribution < 1.29 is 19.7 Å². The van der Waals surface area contributed by atoms with Gasteiger partial charge in [0.05, 0.1) is 6.10 Å². The van der Waals surface area contributed by atoms with Crippen LogP contribution in [0.5, 0.6) is 5.75 Å². The molecule has 1 fully saturated rings. The van der Waals surface area contributed by atoms with Crippen molar-refractivity contribution in [1.29, 1.82) is 0 Å². The van der Waals surface area contributed by atoms with E-state index in [1.165, 1.54) is 0 Å². The van der Waals surface area contributed by atoms with Gasteiger partial charge >= 0.3 is 0 Å². The zero-order chi connectivity index (χ0) is 22.5. The molecule has 1 saturated heterocycles. The van der Waals surface area contributed by atoms with E-state index in [4.69, 9.17) is 4.74 Å². The van der Waals surface area contributed by atoms with E-state index in [1.54, 1.807) is 7.05 Å². The molecule has 168 valence electrons. The Kier molecular flexibility index (Phi) is 7.05. The average Bonchev–Trinajstić information content (AvgIpc) is 2.83. The van der Waals surface area contributed by atoms with Crippen molar-refractivity contribution in [3.63, 3.8) is 0 Å². The number of benzene rings is 3. The Hall–Kier alpha value is -2.93. The van der Waals surface area contributed by atoms with Crippen molar-refractivity contribution in [1.82, 2.24) is 10.2 Å². The number of likely N-dealkylation sites (tertiary alicyclic amines) is 1. The number of fused-ring (bicyclic) bond motifs is 1. The van der Waals surface area contributed by atoms with E-state index < -0.39 is 6.10 Å². The van der Waals surface area contributed by atoms with E-state index in [9.17, 15) is 15.0 Å². The summed E-state index contributed by atoms with van der Waals surface area (Å²) in [6, 6.07) is 19.7. The zero-order valence-electron chi connectivity index (χ0n) is 18.3. The largest absolute Gasteiger partial charge is 0.491 e. The molecule has 0 spiro atoms. The molecule has 1 aliphatic heterocycles. The molecule has 1 unspecified atom stereocenters. The highest BCUT2D eigenvalue weighted by Crippen LogP contribution is 2.27. The molecule has 6 heteroatoms. The van der Waals surface area contributed by atoms with Crippen molar-refractivity contribution in [2.24, 2.45) is 0 Å². The summed E-state index contributed by atoms with van der Waals surface area (Å²) in [5.74, 6) is 0.620. The number of piperidine rings is 1. The van der Waals surface area contributed by atoms with Gasteiger partial charge in [-0.15, -0.1) is 0 Å². The average molecular weight is 435 g/mol. The summed E-state index contributed by atoms with van der Waals surface area (Å²) in [5, 5.41) is 24.8. The van der Waals surface area contributed by atoms with Crippen molar-refractivity contribution in [2.45, 2.75) is 25.0 Å². The highest BCUT2D eigenvalue weighted by Gasteiger charge is 2.19. The van der Waals surface area contributed by atoms with Crippen LogP contribution in [0.3, 0.4) is 0 Å². The van der Waals surface area contributed by atoms with E-state index in [2.05, 4.69) is 28.4 Å². The smallest absolute Gasteiger partial charge is 0.251 e. The Morgan fingerprint density at radius 1 is 1.03 bits per heavy atom.